The number of rotatable bonds is 4. The second kappa shape index (κ2) is 5.13. The highest BCUT2D eigenvalue weighted by atomic mass is 15.2. The number of hydrogen-bond acceptors (Lipinski definition) is 2. The molecular formula is C12H24N2. The Labute approximate surface area is 88.3 Å². The molecule has 0 radical (unpaired) electrons. The molecule has 0 bridgehead atoms. The smallest absolute Gasteiger partial charge is 0.0223 e. The molecule has 2 nitrogen and oxygen atoms in total. The van der Waals surface area contributed by atoms with Gasteiger partial charge in [-0.05, 0) is 58.3 Å². The summed E-state index contributed by atoms with van der Waals surface area (Å²) in [5, 5.41) is 0. The molecule has 2 aliphatic heterocycles. The fourth-order valence-electron chi connectivity index (χ4n) is 2.95. The van der Waals surface area contributed by atoms with Crippen molar-refractivity contribution >= 4 is 0 Å². The minimum Gasteiger partial charge on any atom is -0.302 e. The average molecular weight is 196 g/mol. The zero-order valence-electron chi connectivity index (χ0n) is 9.54. The Bertz CT molecular complexity index is 164. The zero-order chi connectivity index (χ0) is 9.80. The summed E-state index contributed by atoms with van der Waals surface area (Å²) >= 11 is 0. The maximum Gasteiger partial charge on any atom is 0.0223 e. The summed E-state index contributed by atoms with van der Waals surface area (Å²) in [5.41, 5.74) is 0. The molecule has 0 N–H and O–H groups in total. The summed E-state index contributed by atoms with van der Waals surface area (Å²) in [6.45, 7) is 9.03. The summed E-state index contributed by atoms with van der Waals surface area (Å²) in [6, 6.07) is 0.882. The lowest BCUT2D eigenvalue weighted by Crippen LogP contribution is -2.39. The number of hydrogen-bond donors (Lipinski definition) is 0. The highest BCUT2D eigenvalue weighted by Gasteiger charge is 2.26. The fourth-order valence-corrected chi connectivity index (χ4v) is 2.95. The van der Waals surface area contributed by atoms with Crippen LogP contribution in [0.5, 0.6) is 0 Å². The lowest BCUT2D eigenvalue weighted by Gasteiger charge is -2.27. The molecule has 0 spiro atoms. The van der Waals surface area contributed by atoms with E-state index < -0.39 is 0 Å². The van der Waals surface area contributed by atoms with Crippen LogP contribution in [0.25, 0.3) is 0 Å². The Balaban J connectivity index is 1.77. The van der Waals surface area contributed by atoms with Gasteiger partial charge >= 0.3 is 0 Å². The van der Waals surface area contributed by atoms with Crippen molar-refractivity contribution in [1.82, 2.24) is 9.80 Å². The second-order valence-electron chi connectivity index (χ2n) is 4.84. The minimum absolute atomic E-state index is 0.882. The predicted molar refractivity (Wildman–Crippen MR) is 60.6 cm³/mol. The van der Waals surface area contributed by atoms with E-state index in [9.17, 15) is 0 Å². The van der Waals surface area contributed by atoms with Gasteiger partial charge in [-0.25, -0.2) is 0 Å². The van der Waals surface area contributed by atoms with Crippen molar-refractivity contribution < 1.29 is 0 Å². The van der Waals surface area contributed by atoms with E-state index in [1.165, 1.54) is 64.8 Å². The van der Waals surface area contributed by atoms with Gasteiger partial charge in [0.05, 0.1) is 0 Å². The summed E-state index contributed by atoms with van der Waals surface area (Å²) in [6.07, 6.45) is 7.05. The van der Waals surface area contributed by atoms with Crippen LogP contribution in [-0.4, -0.2) is 48.6 Å². The van der Waals surface area contributed by atoms with Gasteiger partial charge in [0, 0.05) is 12.6 Å². The van der Waals surface area contributed by atoms with Gasteiger partial charge in [-0.3, -0.25) is 4.90 Å². The van der Waals surface area contributed by atoms with Gasteiger partial charge in [0.15, 0.2) is 0 Å². The second-order valence-corrected chi connectivity index (χ2v) is 4.84. The normalized spacial score (nSPS) is 30.2. The van der Waals surface area contributed by atoms with Crippen LogP contribution in [0.2, 0.25) is 0 Å². The Kier molecular flexibility index (Phi) is 3.82. The van der Waals surface area contributed by atoms with Crippen molar-refractivity contribution in [3.05, 3.63) is 0 Å². The molecule has 0 unspecified atom stereocenters. The van der Waals surface area contributed by atoms with E-state index in [1.54, 1.807) is 0 Å². The van der Waals surface area contributed by atoms with Crippen molar-refractivity contribution in [2.75, 3.05) is 32.7 Å². The first kappa shape index (κ1) is 10.4. The van der Waals surface area contributed by atoms with E-state index in [1.807, 2.05) is 0 Å². The number of nitrogens with zero attached hydrogens (tertiary/aromatic N) is 2. The van der Waals surface area contributed by atoms with Crippen LogP contribution >= 0.6 is 0 Å². The van der Waals surface area contributed by atoms with Gasteiger partial charge in [-0.2, -0.15) is 0 Å². The monoisotopic (exact) mass is 196 g/mol. The van der Waals surface area contributed by atoms with Crippen LogP contribution in [0.1, 0.15) is 39.0 Å². The fraction of sp³-hybridized carbons (Fsp3) is 1.00. The van der Waals surface area contributed by atoms with E-state index >= 15 is 0 Å². The molecule has 2 heterocycles. The van der Waals surface area contributed by atoms with Gasteiger partial charge in [-0.1, -0.05) is 6.92 Å². The SMILES string of the molecule is CCCN1CCC[C@H]1CN1CCCC1. The molecule has 82 valence electrons. The molecule has 0 amide bonds. The molecule has 0 aromatic heterocycles. The first-order valence-corrected chi connectivity index (χ1v) is 6.36. The lowest BCUT2D eigenvalue weighted by molar-refractivity contribution is 0.192. The highest BCUT2D eigenvalue weighted by Crippen LogP contribution is 2.20. The minimum atomic E-state index is 0.882. The van der Waals surface area contributed by atoms with Gasteiger partial charge < -0.3 is 4.90 Å². The van der Waals surface area contributed by atoms with Gasteiger partial charge in [0.1, 0.15) is 0 Å². The predicted octanol–water partition coefficient (Wildman–Crippen LogP) is 1.96. The van der Waals surface area contributed by atoms with Crippen molar-refractivity contribution in [3.8, 4) is 0 Å². The Morgan fingerprint density at radius 2 is 1.86 bits per heavy atom. The number of likely N-dealkylation sites (tertiary alicyclic amines) is 2. The third kappa shape index (κ3) is 2.48. The van der Waals surface area contributed by atoms with Gasteiger partial charge in [-0.15, -0.1) is 0 Å². The Morgan fingerprint density at radius 1 is 1.07 bits per heavy atom. The molecule has 2 rings (SSSR count). The quantitative estimate of drug-likeness (QED) is 0.678. The molecule has 2 saturated heterocycles. The largest absolute Gasteiger partial charge is 0.302 e. The van der Waals surface area contributed by atoms with Crippen LogP contribution in [0.4, 0.5) is 0 Å². The van der Waals surface area contributed by atoms with Crippen LogP contribution < -0.4 is 0 Å². The van der Waals surface area contributed by atoms with Gasteiger partial charge in [0.25, 0.3) is 0 Å². The molecule has 1 atom stereocenters. The Morgan fingerprint density at radius 3 is 2.57 bits per heavy atom. The van der Waals surface area contributed by atoms with E-state index in [4.69, 9.17) is 0 Å². The third-order valence-corrected chi connectivity index (χ3v) is 3.68. The molecule has 2 aliphatic rings. The molecule has 0 aliphatic carbocycles. The van der Waals surface area contributed by atoms with Crippen molar-refractivity contribution in [1.29, 1.82) is 0 Å². The molecule has 14 heavy (non-hydrogen) atoms. The van der Waals surface area contributed by atoms with Crippen LogP contribution in [0, 0.1) is 0 Å². The van der Waals surface area contributed by atoms with E-state index in [0.29, 0.717) is 0 Å². The lowest BCUT2D eigenvalue weighted by atomic mass is 10.2. The molecular weight excluding hydrogens is 172 g/mol. The van der Waals surface area contributed by atoms with Crippen LogP contribution in [0.15, 0.2) is 0 Å². The summed E-state index contributed by atoms with van der Waals surface area (Å²) in [4.78, 5) is 5.37. The summed E-state index contributed by atoms with van der Waals surface area (Å²) in [7, 11) is 0. The topological polar surface area (TPSA) is 6.48 Å². The standard InChI is InChI=1S/C12H24N2/c1-2-7-14-10-5-6-12(14)11-13-8-3-4-9-13/h12H,2-11H2,1H3/t12-/m0/s1. The van der Waals surface area contributed by atoms with E-state index in [0.717, 1.165) is 6.04 Å². The Hall–Kier alpha value is -0.0800. The van der Waals surface area contributed by atoms with E-state index in [2.05, 4.69) is 16.7 Å². The maximum atomic E-state index is 2.71. The molecule has 0 aromatic carbocycles. The van der Waals surface area contributed by atoms with Crippen LogP contribution in [-0.2, 0) is 0 Å². The summed E-state index contributed by atoms with van der Waals surface area (Å²) < 4.78 is 0. The molecule has 0 aromatic rings. The molecule has 2 fully saturated rings. The van der Waals surface area contributed by atoms with Crippen molar-refractivity contribution in [2.45, 2.75) is 45.1 Å². The first-order valence-electron chi connectivity index (χ1n) is 6.36. The average Bonchev–Trinajstić information content (AvgIpc) is 2.80. The molecule has 2 heteroatoms. The van der Waals surface area contributed by atoms with Crippen LogP contribution in [0.3, 0.4) is 0 Å². The van der Waals surface area contributed by atoms with E-state index in [-0.39, 0.29) is 0 Å². The maximum absolute atomic E-state index is 2.71. The van der Waals surface area contributed by atoms with Crippen molar-refractivity contribution in [2.24, 2.45) is 0 Å². The third-order valence-electron chi connectivity index (χ3n) is 3.68. The molecule has 0 saturated carbocycles. The summed E-state index contributed by atoms with van der Waals surface area (Å²) in [5.74, 6) is 0. The first-order chi connectivity index (χ1) is 6.90. The van der Waals surface area contributed by atoms with Gasteiger partial charge in [0.2, 0.25) is 0 Å². The zero-order valence-corrected chi connectivity index (χ0v) is 9.54. The highest BCUT2D eigenvalue weighted by molar-refractivity contribution is 4.83. The van der Waals surface area contributed by atoms with Crippen molar-refractivity contribution in [3.63, 3.8) is 0 Å².